The zero-order chi connectivity index (χ0) is 9.26. The quantitative estimate of drug-likeness (QED) is 0.660. The summed E-state index contributed by atoms with van der Waals surface area (Å²) in [4.78, 5) is 12.5. The lowest BCUT2D eigenvalue weighted by Gasteiger charge is -2.32. The van der Waals surface area contributed by atoms with E-state index in [9.17, 15) is 4.79 Å². The molecule has 0 aliphatic carbocycles. The van der Waals surface area contributed by atoms with Gasteiger partial charge in [-0.3, -0.25) is 9.69 Å². The Kier molecular flexibility index (Phi) is 2.51. The predicted molar refractivity (Wildman–Crippen MR) is 46.5 cm³/mol. The molecular formula is C9H15NO3. The molecule has 0 bridgehead atoms. The van der Waals surface area contributed by atoms with E-state index < -0.39 is 5.97 Å². The van der Waals surface area contributed by atoms with Gasteiger partial charge in [0, 0.05) is 19.1 Å². The fourth-order valence-corrected chi connectivity index (χ4v) is 2.27. The molecule has 13 heavy (non-hydrogen) atoms. The standard InChI is InChI=1S/C9H15NO3/c11-9(12)4-10-2-1-7-5-13-6-8(7)3-10/h7-8H,1-6H2,(H,11,12)/t7-,8+/m0/s1. The Bertz CT molecular complexity index is 207. The molecule has 0 unspecified atom stereocenters. The number of likely N-dealkylation sites (tertiary alicyclic amines) is 1. The number of piperidine rings is 1. The van der Waals surface area contributed by atoms with Crippen molar-refractivity contribution in [3.05, 3.63) is 0 Å². The smallest absolute Gasteiger partial charge is 0.317 e. The van der Waals surface area contributed by atoms with E-state index in [-0.39, 0.29) is 6.54 Å². The fraction of sp³-hybridized carbons (Fsp3) is 0.889. The lowest BCUT2D eigenvalue weighted by molar-refractivity contribution is -0.138. The third-order valence-electron chi connectivity index (χ3n) is 3.00. The third-order valence-corrected chi connectivity index (χ3v) is 3.00. The van der Waals surface area contributed by atoms with E-state index in [0.29, 0.717) is 11.8 Å². The number of carboxylic acids is 1. The van der Waals surface area contributed by atoms with Crippen molar-refractivity contribution >= 4 is 5.97 Å². The van der Waals surface area contributed by atoms with Gasteiger partial charge in [-0.05, 0) is 18.9 Å². The second kappa shape index (κ2) is 3.64. The lowest BCUT2D eigenvalue weighted by Crippen LogP contribution is -2.42. The lowest BCUT2D eigenvalue weighted by atomic mass is 9.89. The first kappa shape index (κ1) is 8.97. The summed E-state index contributed by atoms with van der Waals surface area (Å²) in [5, 5.41) is 8.63. The van der Waals surface area contributed by atoms with E-state index in [1.165, 1.54) is 0 Å². The van der Waals surface area contributed by atoms with E-state index in [0.717, 1.165) is 32.7 Å². The Labute approximate surface area is 77.5 Å². The SMILES string of the molecule is O=C(O)CN1CC[C@H]2COC[C@H]2C1. The molecule has 4 heteroatoms. The van der Waals surface area contributed by atoms with Crippen LogP contribution in [0.25, 0.3) is 0 Å². The number of rotatable bonds is 2. The van der Waals surface area contributed by atoms with Crippen molar-refractivity contribution in [1.82, 2.24) is 4.90 Å². The van der Waals surface area contributed by atoms with Crippen LogP contribution in [0.2, 0.25) is 0 Å². The molecular weight excluding hydrogens is 170 g/mol. The number of hydrogen-bond donors (Lipinski definition) is 1. The monoisotopic (exact) mass is 185 g/mol. The molecule has 2 atom stereocenters. The minimum Gasteiger partial charge on any atom is -0.480 e. The molecule has 2 fully saturated rings. The average molecular weight is 185 g/mol. The Morgan fingerprint density at radius 2 is 2.23 bits per heavy atom. The van der Waals surface area contributed by atoms with Gasteiger partial charge in [-0.25, -0.2) is 0 Å². The first-order valence-electron chi connectivity index (χ1n) is 4.77. The highest BCUT2D eigenvalue weighted by atomic mass is 16.5. The zero-order valence-corrected chi connectivity index (χ0v) is 7.61. The zero-order valence-electron chi connectivity index (χ0n) is 7.61. The van der Waals surface area contributed by atoms with E-state index in [1.54, 1.807) is 0 Å². The van der Waals surface area contributed by atoms with E-state index in [2.05, 4.69) is 0 Å². The number of nitrogens with zero attached hydrogens (tertiary/aromatic N) is 1. The molecule has 0 saturated carbocycles. The van der Waals surface area contributed by atoms with Crippen LogP contribution in [0, 0.1) is 11.8 Å². The first-order valence-corrected chi connectivity index (χ1v) is 4.77. The van der Waals surface area contributed by atoms with Crippen molar-refractivity contribution < 1.29 is 14.6 Å². The molecule has 2 heterocycles. The van der Waals surface area contributed by atoms with Crippen LogP contribution in [-0.4, -0.2) is 48.8 Å². The minimum atomic E-state index is -0.725. The van der Waals surface area contributed by atoms with Crippen molar-refractivity contribution in [1.29, 1.82) is 0 Å². The van der Waals surface area contributed by atoms with Gasteiger partial charge < -0.3 is 9.84 Å². The fourth-order valence-electron chi connectivity index (χ4n) is 2.27. The topological polar surface area (TPSA) is 49.8 Å². The molecule has 74 valence electrons. The summed E-state index contributed by atoms with van der Waals surface area (Å²) in [5.41, 5.74) is 0. The van der Waals surface area contributed by atoms with Crippen LogP contribution in [0.1, 0.15) is 6.42 Å². The number of carbonyl (C=O) groups is 1. The van der Waals surface area contributed by atoms with Crippen LogP contribution < -0.4 is 0 Å². The van der Waals surface area contributed by atoms with Gasteiger partial charge in [0.1, 0.15) is 0 Å². The Morgan fingerprint density at radius 3 is 3.00 bits per heavy atom. The van der Waals surface area contributed by atoms with Gasteiger partial charge in [0.25, 0.3) is 0 Å². The summed E-state index contributed by atoms with van der Waals surface area (Å²) < 4.78 is 5.37. The van der Waals surface area contributed by atoms with Crippen molar-refractivity contribution in [2.45, 2.75) is 6.42 Å². The highest BCUT2D eigenvalue weighted by Crippen LogP contribution is 2.28. The average Bonchev–Trinajstić information content (AvgIpc) is 2.49. The van der Waals surface area contributed by atoms with Crippen molar-refractivity contribution in [3.8, 4) is 0 Å². The Hall–Kier alpha value is -0.610. The number of ether oxygens (including phenoxy) is 1. The molecule has 0 aromatic rings. The van der Waals surface area contributed by atoms with Gasteiger partial charge in [0.15, 0.2) is 0 Å². The van der Waals surface area contributed by atoms with Crippen molar-refractivity contribution in [2.24, 2.45) is 11.8 Å². The summed E-state index contributed by atoms with van der Waals surface area (Å²) in [7, 11) is 0. The van der Waals surface area contributed by atoms with Gasteiger partial charge in [-0.1, -0.05) is 0 Å². The molecule has 2 aliphatic heterocycles. The summed E-state index contributed by atoms with van der Waals surface area (Å²) in [6.45, 7) is 3.70. The number of fused-ring (bicyclic) bond motifs is 1. The molecule has 0 aromatic heterocycles. The number of carboxylic acid groups (broad SMARTS) is 1. The molecule has 0 aromatic carbocycles. The highest BCUT2D eigenvalue weighted by Gasteiger charge is 2.33. The van der Waals surface area contributed by atoms with Crippen molar-refractivity contribution in [2.75, 3.05) is 32.8 Å². The number of hydrogen-bond acceptors (Lipinski definition) is 3. The molecule has 0 radical (unpaired) electrons. The van der Waals surface area contributed by atoms with Crippen LogP contribution in [0.3, 0.4) is 0 Å². The maximum absolute atomic E-state index is 10.5. The molecule has 0 spiro atoms. The third kappa shape index (κ3) is 2.00. The molecule has 2 rings (SSSR count). The summed E-state index contributed by atoms with van der Waals surface area (Å²) >= 11 is 0. The van der Waals surface area contributed by atoms with Gasteiger partial charge >= 0.3 is 5.97 Å². The normalized spacial score (nSPS) is 34.5. The van der Waals surface area contributed by atoms with E-state index in [4.69, 9.17) is 9.84 Å². The Morgan fingerprint density at radius 1 is 1.46 bits per heavy atom. The van der Waals surface area contributed by atoms with Gasteiger partial charge in [0.05, 0.1) is 13.2 Å². The van der Waals surface area contributed by atoms with Crippen LogP contribution in [0.15, 0.2) is 0 Å². The molecule has 0 amide bonds. The van der Waals surface area contributed by atoms with E-state index in [1.807, 2.05) is 4.90 Å². The van der Waals surface area contributed by atoms with Crippen LogP contribution >= 0.6 is 0 Å². The van der Waals surface area contributed by atoms with Gasteiger partial charge in [-0.15, -0.1) is 0 Å². The molecule has 1 N–H and O–H groups in total. The molecule has 4 nitrogen and oxygen atoms in total. The maximum Gasteiger partial charge on any atom is 0.317 e. The highest BCUT2D eigenvalue weighted by molar-refractivity contribution is 5.69. The van der Waals surface area contributed by atoms with Crippen LogP contribution in [0.5, 0.6) is 0 Å². The maximum atomic E-state index is 10.5. The van der Waals surface area contributed by atoms with Crippen LogP contribution in [0.4, 0.5) is 0 Å². The van der Waals surface area contributed by atoms with Crippen LogP contribution in [-0.2, 0) is 9.53 Å². The summed E-state index contributed by atoms with van der Waals surface area (Å²) in [6, 6.07) is 0. The van der Waals surface area contributed by atoms with Gasteiger partial charge in [0.2, 0.25) is 0 Å². The molecule has 2 saturated heterocycles. The number of aliphatic carboxylic acids is 1. The second-order valence-electron chi connectivity index (χ2n) is 3.98. The predicted octanol–water partition coefficient (Wildman–Crippen LogP) is 0.0393. The largest absolute Gasteiger partial charge is 0.480 e. The Balaban J connectivity index is 1.86. The first-order chi connectivity index (χ1) is 6.25. The summed E-state index contributed by atoms with van der Waals surface area (Å²) in [5.74, 6) is 0.538. The minimum absolute atomic E-state index is 0.184. The van der Waals surface area contributed by atoms with Crippen molar-refractivity contribution in [3.63, 3.8) is 0 Å². The van der Waals surface area contributed by atoms with Gasteiger partial charge in [-0.2, -0.15) is 0 Å². The van der Waals surface area contributed by atoms with E-state index >= 15 is 0 Å². The molecule has 2 aliphatic rings. The second-order valence-corrected chi connectivity index (χ2v) is 3.98. The summed E-state index contributed by atoms with van der Waals surface area (Å²) in [6.07, 6.45) is 1.10.